The minimum atomic E-state index is -0.0267. The lowest BCUT2D eigenvalue weighted by molar-refractivity contribution is 0.404. The highest BCUT2D eigenvalue weighted by atomic mass is 16.5. The van der Waals surface area contributed by atoms with Gasteiger partial charge < -0.3 is 16.2 Å². The summed E-state index contributed by atoms with van der Waals surface area (Å²) in [6.45, 7) is 0.596. The van der Waals surface area contributed by atoms with Gasteiger partial charge in [-0.25, -0.2) is 0 Å². The van der Waals surface area contributed by atoms with Gasteiger partial charge in [-0.3, -0.25) is 0 Å². The van der Waals surface area contributed by atoms with Crippen LogP contribution in [-0.2, 0) is 0 Å². The van der Waals surface area contributed by atoms with Gasteiger partial charge in [-0.05, 0) is 19.0 Å². The third-order valence-corrected chi connectivity index (χ3v) is 2.02. The highest BCUT2D eigenvalue weighted by molar-refractivity contribution is 5.35. The molecule has 1 atom stereocenters. The fourth-order valence-electron chi connectivity index (χ4n) is 1.31. The van der Waals surface area contributed by atoms with E-state index in [4.69, 9.17) is 16.2 Å². The second-order valence-electron chi connectivity index (χ2n) is 2.93. The van der Waals surface area contributed by atoms with Crippen LogP contribution in [0.25, 0.3) is 0 Å². The average Bonchev–Trinajstić information content (AvgIpc) is 2.18. The van der Waals surface area contributed by atoms with Gasteiger partial charge in [-0.15, -0.1) is 0 Å². The summed E-state index contributed by atoms with van der Waals surface area (Å²) in [5.74, 6) is 0.837. The molecule has 0 spiro atoms. The van der Waals surface area contributed by atoms with E-state index in [-0.39, 0.29) is 6.04 Å². The van der Waals surface area contributed by atoms with E-state index in [1.807, 2.05) is 24.3 Å². The predicted molar refractivity (Wildman–Crippen MR) is 53.6 cm³/mol. The van der Waals surface area contributed by atoms with Crippen molar-refractivity contribution in [1.29, 1.82) is 0 Å². The first-order valence-corrected chi connectivity index (χ1v) is 4.38. The molecule has 1 aromatic carbocycles. The van der Waals surface area contributed by atoms with Crippen molar-refractivity contribution >= 4 is 0 Å². The molecule has 0 aliphatic carbocycles. The van der Waals surface area contributed by atoms with Crippen LogP contribution in [0.5, 0.6) is 5.75 Å². The van der Waals surface area contributed by atoms with Crippen molar-refractivity contribution in [2.75, 3.05) is 13.7 Å². The summed E-state index contributed by atoms with van der Waals surface area (Å²) in [6.07, 6.45) is 0.778. The first kappa shape index (κ1) is 10.0. The number of benzene rings is 1. The van der Waals surface area contributed by atoms with Crippen molar-refractivity contribution in [2.24, 2.45) is 11.5 Å². The molecule has 72 valence electrons. The molecule has 0 aromatic heterocycles. The summed E-state index contributed by atoms with van der Waals surface area (Å²) in [4.78, 5) is 0. The van der Waals surface area contributed by atoms with Gasteiger partial charge in [0.2, 0.25) is 0 Å². The molecular weight excluding hydrogens is 164 g/mol. The second kappa shape index (κ2) is 4.84. The maximum atomic E-state index is 5.92. The molecule has 0 fully saturated rings. The van der Waals surface area contributed by atoms with E-state index >= 15 is 0 Å². The smallest absolute Gasteiger partial charge is 0.123 e. The van der Waals surface area contributed by atoms with Gasteiger partial charge >= 0.3 is 0 Å². The molecule has 0 aliphatic heterocycles. The maximum Gasteiger partial charge on any atom is 0.123 e. The Balaban J connectivity index is 2.85. The Morgan fingerprint density at radius 3 is 2.69 bits per heavy atom. The minimum absolute atomic E-state index is 0.0267. The molecule has 0 unspecified atom stereocenters. The number of hydrogen-bond acceptors (Lipinski definition) is 3. The Bertz CT molecular complexity index is 263. The molecule has 1 aromatic rings. The largest absolute Gasteiger partial charge is 0.496 e. The van der Waals surface area contributed by atoms with Crippen LogP contribution < -0.4 is 16.2 Å². The van der Waals surface area contributed by atoms with Gasteiger partial charge in [0.25, 0.3) is 0 Å². The molecule has 0 amide bonds. The van der Waals surface area contributed by atoms with Crippen LogP contribution in [0.2, 0.25) is 0 Å². The zero-order valence-electron chi connectivity index (χ0n) is 7.86. The van der Waals surface area contributed by atoms with E-state index in [1.54, 1.807) is 7.11 Å². The Kier molecular flexibility index (Phi) is 3.73. The van der Waals surface area contributed by atoms with Crippen molar-refractivity contribution in [2.45, 2.75) is 12.5 Å². The summed E-state index contributed by atoms with van der Waals surface area (Å²) < 4.78 is 5.19. The lowest BCUT2D eigenvalue weighted by Crippen LogP contribution is -2.15. The quantitative estimate of drug-likeness (QED) is 0.728. The number of nitrogens with two attached hydrogens (primary N) is 2. The molecule has 3 heteroatoms. The topological polar surface area (TPSA) is 61.3 Å². The van der Waals surface area contributed by atoms with Crippen LogP contribution in [0.1, 0.15) is 18.0 Å². The molecule has 13 heavy (non-hydrogen) atoms. The van der Waals surface area contributed by atoms with Crippen molar-refractivity contribution in [3.8, 4) is 5.75 Å². The molecule has 1 rings (SSSR count). The third kappa shape index (κ3) is 2.44. The van der Waals surface area contributed by atoms with E-state index in [2.05, 4.69) is 0 Å². The van der Waals surface area contributed by atoms with E-state index in [0.29, 0.717) is 6.54 Å². The van der Waals surface area contributed by atoms with Crippen LogP contribution in [-0.4, -0.2) is 13.7 Å². The van der Waals surface area contributed by atoms with Crippen molar-refractivity contribution in [3.05, 3.63) is 29.8 Å². The van der Waals surface area contributed by atoms with Crippen molar-refractivity contribution < 1.29 is 4.74 Å². The molecule has 0 saturated carbocycles. The SMILES string of the molecule is COc1ccccc1[C@@H](N)CCN. The van der Waals surface area contributed by atoms with Crippen molar-refractivity contribution in [3.63, 3.8) is 0 Å². The third-order valence-electron chi connectivity index (χ3n) is 2.02. The Labute approximate surface area is 78.7 Å². The van der Waals surface area contributed by atoms with Gasteiger partial charge in [0.15, 0.2) is 0 Å². The highest BCUT2D eigenvalue weighted by Crippen LogP contribution is 2.24. The zero-order chi connectivity index (χ0) is 9.68. The van der Waals surface area contributed by atoms with Gasteiger partial charge in [-0.2, -0.15) is 0 Å². The summed E-state index contributed by atoms with van der Waals surface area (Å²) in [5, 5.41) is 0. The Morgan fingerprint density at radius 2 is 2.08 bits per heavy atom. The standard InChI is InChI=1S/C10H16N2O/c1-13-10-5-3-2-4-8(10)9(12)6-7-11/h2-5,9H,6-7,11-12H2,1H3/t9-/m0/s1. The summed E-state index contributed by atoms with van der Waals surface area (Å²) >= 11 is 0. The fourth-order valence-corrected chi connectivity index (χ4v) is 1.31. The van der Waals surface area contributed by atoms with E-state index in [1.165, 1.54) is 0 Å². The molecule has 4 N–H and O–H groups in total. The highest BCUT2D eigenvalue weighted by Gasteiger charge is 2.09. The van der Waals surface area contributed by atoms with Gasteiger partial charge in [0, 0.05) is 11.6 Å². The van der Waals surface area contributed by atoms with E-state index in [9.17, 15) is 0 Å². The Morgan fingerprint density at radius 1 is 1.38 bits per heavy atom. The number of rotatable bonds is 4. The Hall–Kier alpha value is -1.06. The first-order valence-electron chi connectivity index (χ1n) is 4.38. The second-order valence-corrected chi connectivity index (χ2v) is 2.93. The summed E-state index contributed by atoms with van der Waals surface area (Å²) in [7, 11) is 1.65. The van der Waals surface area contributed by atoms with E-state index in [0.717, 1.165) is 17.7 Å². The van der Waals surface area contributed by atoms with Crippen LogP contribution >= 0.6 is 0 Å². The molecule has 3 nitrogen and oxygen atoms in total. The summed E-state index contributed by atoms with van der Waals surface area (Å²) in [5.41, 5.74) is 12.4. The lowest BCUT2D eigenvalue weighted by Gasteiger charge is -2.14. The molecule has 0 aliphatic rings. The van der Waals surface area contributed by atoms with Gasteiger partial charge in [0.05, 0.1) is 7.11 Å². The normalized spacial score (nSPS) is 12.5. The first-order chi connectivity index (χ1) is 6.29. The molecule has 0 bridgehead atoms. The number of ether oxygens (including phenoxy) is 1. The van der Waals surface area contributed by atoms with Crippen LogP contribution in [0.15, 0.2) is 24.3 Å². The minimum Gasteiger partial charge on any atom is -0.496 e. The van der Waals surface area contributed by atoms with E-state index < -0.39 is 0 Å². The van der Waals surface area contributed by atoms with Crippen LogP contribution in [0, 0.1) is 0 Å². The molecular formula is C10H16N2O. The average molecular weight is 180 g/mol. The maximum absolute atomic E-state index is 5.92. The van der Waals surface area contributed by atoms with Crippen LogP contribution in [0.4, 0.5) is 0 Å². The zero-order valence-corrected chi connectivity index (χ0v) is 7.86. The van der Waals surface area contributed by atoms with Gasteiger partial charge in [-0.1, -0.05) is 18.2 Å². The van der Waals surface area contributed by atoms with Gasteiger partial charge in [0.1, 0.15) is 5.75 Å². The number of methoxy groups -OCH3 is 1. The fraction of sp³-hybridized carbons (Fsp3) is 0.400. The van der Waals surface area contributed by atoms with Crippen molar-refractivity contribution in [1.82, 2.24) is 0 Å². The molecule has 0 heterocycles. The monoisotopic (exact) mass is 180 g/mol. The predicted octanol–water partition coefficient (Wildman–Crippen LogP) is 1.04. The summed E-state index contributed by atoms with van der Waals surface area (Å²) in [6, 6.07) is 7.73. The number of hydrogen-bond donors (Lipinski definition) is 2. The van der Waals surface area contributed by atoms with Crippen LogP contribution in [0.3, 0.4) is 0 Å². The number of para-hydroxylation sites is 1. The molecule has 0 saturated heterocycles. The molecule has 0 radical (unpaired) electrons. The lowest BCUT2D eigenvalue weighted by atomic mass is 10.0.